The van der Waals surface area contributed by atoms with Gasteiger partial charge in [-0.1, -0.05) is 30.7 Å². The molecule has 0 saturated carbocycles. The van der Waals surface area contributed by atoms with Gasteiger partial charge in [0.25, 0.3) is 0 Å². The number of benzene rings is 2. The zero-order valence-corrected chi connectivity index (χ0v) is 13.4. The summed E-state index contributed by atoms with van der Waals surface area (Å²) in [5, 5.41) is 3.35. The van der Waals surface area contributed by atoms with E-state index in [-0.39, 0.29) is 0 Å². The minimum absolute atomic E-state index is 0.831. The SMILES string of the molecule is CCNCc1cc(C)ccc1Oc1cccc(I)c1. The molecule has 19 heavy (non-hydrogen) atoms. The zero-order chi connectivity index (χ0) is 13.7. The van der Waals surface area contributed by atoms with E-state index in [0.29, 0.717) is 0 Å². The number of halogens is 1. The van der Waals surface area contributed by atoms with Crippen molar-refractivity contribution in [2.24, 2.45) is 0 Å². The van der Waals surface area contributed by atoms with Crippen LogP contribution < -0.4 is 10.1 Å². The third kappa shape index (κ3) is 4.21. The van der Waals surface area contributed by atoms with E-state index in [2.05, 4.69) is 60.0 Å². The van der Waals surface area contributed by atoms with Gasteiger partial charge in [-0.2, -0.15) is 0 Å². The fourth-order valence-electron chi connectivity index (χ4n) is 1.86. The first-order chi connectivity index (χ1) is 9.19. The van der Waals surface area contributed by atoms with Crippen molar-refractivity contribution in [1.82, 2.24) is 5.32 Å². The summed E-state index contributed by atoms with van der Waals surface area (Å²) in [5.74, 6) is 1.81. The Bertz CT molecular complexity index is 554. The van der Waals surface area contributed by atoms with Crippen LogP contribution in [0, 0.1) is 10.5 Å². The molecule has 0 aliphatic carbocycles. The van der Waals surface area contributed by atoms with Gasteiger partial charge in [-0.15, -0.1) is 0 Å². The van der Waals surface area contributed by atoms with Gasteiger partial charge >= 0.3 is 0 Å². The number of hydrogen-bond acceptors (Lipinski definition) is 2. The molecule has 2 aromatic rings. The average Bonchev–Trinajstić information content (AvgIpc) is 2.39. The van der Waals surface area contributed by atoms with E-state index >= 15 is 0 Å². The molecule has 2 aromatic carbocycles. The highest BCUT2D eigenvalue weighted by atomic mass is 127. The zero-order valence-electron chi connectivity index (χ0n) is 11.2. The molecule has 0 bridgehead atoms. The molecule has 0 spiro atoms. The number of nitrogens with one attached hydrogen (secondary N) is 1. The van der Waals surface area contributed by atoms with Gasteiger partial charge in [-0.25, -0.2) is 0 Å². The predicted molar refractivity (Wildman–Crippen MR) is 87.8 cm³/mol. The maximum Gasteiger partial charge on any atom is 0.131 e. The molecular formula is C16H18INO. The van der Waals surface area contributed by atoms with Crippen molar-refractivity contribution in [2.45, 2.75) is 20.4 Å². The predicted octanol–water partition coefficient (Wildman–Crippen LogP) is 4.50. The molecule has 0 saturated heterocycles. The van der Waals surface area contributed by atoms with Crippen LogP contribution in [0.4, 0.5) is 0 Å². The third-order valence-electron chi connectivity index (χ3n) is 2.81. The second-order valence-corrected chi connectivity index (χ2v) is 5.70. The lowest BCUT2D eigenvalue weighted by Gasteiger charge is -2.12. The molecule has 100 valence electrons. The molecule has 0 aliphatic rings. The molecule has 3 heteroatoms. The molecule has 0 radical (unpaired) electrons. The minimum atomic E-state index is 0.831. The summed E-state index contributed by atoms with van der Waals surface area (Å²) >= 11 is 2.29. The Kier molecular flexibility index (Phi) is 5.22. The van der Waals surface area contributed by atoms with Crippen LogP contribution in [-0.4, -0.2) is 6.54 Å². The van der Waals surface area contributed by atoms with E-state index in [1.807, 2.05) is 24.3 Å². The molecule has 0 aliphatic heterocycles. The lowest BCUT2D eigenvalue weighted by molar-refractivity contribution is 0.472. The van der Waals surface area contributed by atoms with Gasteiger partial charge < -0.3 is 10.1 Å². The molecule has 1 N–H and O–H groups in total. The van der Waals surface area contributed by atoms with Gasteiger partial charge in [-0.05, 0) is 60.3 Å². The normalized spacial score (nSPS) is 10.5. The lowest BCUT2D eigenvalue weighted by Crippen LogP contribution is -2.12. The van der Waals surface area contributed by atoms with Crippen molar-refractivity contribution in [3.05, 3.63) is 57.2 Å². The second-order valence-electron chi connectivity index (χ2n) is 4.45. The first-order valence-electron chi connectivity index (χ1n) is 6.42. The number of hydrogen-bond donors (Lipinski definition) is 1. The highest BCUT2D eigenvalue weighted by Gasteiger charge is 2.05. The first kappa shape index (κ1) is 14.3. The summed E-state index contributed by atoms with van der Waals surface area (Å²) in [5.41, 5.74) is 2.45. The number of rotatable bonds is 5. The van der Waals surface area contributed by atoms with Crippen LogP contribution in [0.2, 0.25) is 0 Å². The van der Waals surface area contributed by atoms with E-state index in [1.54, 1.807) is 0 Å². The van der Waals surface area contributed by atoms with Crippen molar-refractivity contribution in [3.63, 3.8) is 0 Å². The van der Waals surface area contributed by atoms with Gasteiger partial charge in [0, 0.05) is 15.7 Å². The molecule has 0 amide bonds. The summed E-state index contributed by atoms with van der Waals surface area (Å²) in [6.45, 7) is 5.99. The standard InChI is InChI=1S/C16H18INO/c1-3-18-11-13-9-12(2)7-8-16(13)19-15-6-4-5-14(17)10-15/h4-10,18H,3,11H2,1-2H3. The van der Waals surface area contributed by atoms with Crippen LogP contribution in [0.15, 0.2) is 42.5 Å². The van der Waals surface area contributed by atoms with Crippen LogP contribution in [0.1, 0.15) is 18.1 Å². The van der Waals surface area contributed by atoms with Crippen molar-refractivity contribution in [3.8, 4) is 11.5 Å². The molecule has 0 unspecified atom stereocenters. The number of aryl methyl sites for hydroxylation is 1. The topological polar surface area (TPSA) is 21.3 Å². The molecular weight excluding hydrogens is 349 g/mol. The van der Waals surface area contributed by atoms with Crippen LogP contribution in [-0.2, 0) is 6.54 Å². The fourth-order valence-corrected chi connectivity index (χ4v) is 2.38. The Morgan fingerprint density at radius 1 is 1.16 bits per heavy atom. The summed E-state index contributed by atoms with van der Waals surface area (Å²) in [4.78, 5) is 0. The first-order valence-corrected chi connectivity index (χ1v) is 7.50. The maximum atomic E-state index is 6.00. The van der Waals surface area contributed by atoms with E-state index in [1.165, 1.54) is 14.7 Å². The van der Waals surface area contributed by atoms with Gasteiger partial charge in [-0.3, -0.25) is 0 Å². The highest BCUT2D eigenvalue weighted by Crippen LogP contribution is 2.27. The Balaban J connectivity index is 2.23. The Labute approximate surface area is 128 Å². The van der Waals surface area contributed by atoms with Crippen molar-refractivity contribution in [1.29, 1.82) is 0 Å². The molecule has 0 fully saturated rings. The Morgan fingerprint density at radius 2 is 2.00 bits per heavy atom. The van der Waals surface area contributed by atoms with E-state index in [4.69, 9.17) is 4.74 Å². The molecule has 0 aromatic heterocycles. The van der Waals surface area contributed by atoms with Crippen LogP contribution in [0.25, 0.3) is 0 Å². The minimum Gasteiger partial charge on any atom is -0.457 e. The lowest BCUT2D eigenvalue weighted by atomic mass is 10.1. The van der Waals surface area contributed by atoms with Crippen molar-refractivity contribution in [2.75, 3.05) is 6.54 Å². The van der Waals surface area contributed by atoms with Gasteiger partial charge in [0.2, 0.25) is 0 Å². The summed E-state index contributed by atoms with van der Waals surface area (Å²) in [6, 6.07) is 14.4. The molecule has 2 nitrogen and oxygen atoms in total. The van der Waals surface area contributed by atoms with Crippen molar-refractivity contribution >= 4 is 22.6 Å². The van der Waals surface area contributed by atoms with Crippen molar-refractivity contribution < 1.29 is 4.74 Å². The van der Waals surface area contributed by atoms with Gasteiger partial charge in [0.05, 0.1) is 0 Å². The van der Waals surface area contributed by atoms with Crippen LogP contribution in [0.3, 0.4) is 0 Å². The van der Waals surface area contributed by atoms with E-state index in [9.17, 15) is 0 Å². The summed E-state index contributed by atoms with van der Waals surface area (Å²) in [6.07, 6.45) is 0. The monoisotopic (exact) mass is 367 g/mol. The summed E-state index contributed by atoms with van der Waals surface area (Å²) in [7, 11) is 0. The van der Waals surface area contributed by atoms with Gasteiger partial charge in [0.15, 0.2) is 0 Å². The molecule has 2 rings (SSSR count). The smallest absolute Gasteiger partial charge is 0.131 e. The van der Waals surface area contributed by atoms with Crippen LogP contribution in [0.5, 0.6) is 11.5 Å². The van der Waals surface area contributed by atoms with E-state index in [0.717, 1.165) is 24.6 Å². The Hall–Kier alpha value is -1.07. The molecule has 0 heterocycles. The van der Waals surface area contributed by atoms with E-state index < -0.39 is 0 Å². The van der Waals surface area contributed by atoms with Gasteiger partial charge in [0.1, 0.15) is 11.5 Å². The quantitative estimate of drug-likeness (QED) is 0.786. The largest absolute Gasteiger partial charge is 0.457 e. The fraction of sp³-hybridized carbons (Fsp3) is 0.250. The van der Waals surface area contributed by atoms with Crippen LogP contribution >= 0.6 is 22.6 Å². The molecule has 0 atom stereocenters. The summed E-state index contributed by atoms with van der Waals surface area (Å²) < 4.78 is 7.17. The second kappa shape index (κ2) is 6.91. The number of ether oxygens (including phenoxy) is 1. The maximum absolute atomic E-state index is 6.00. The Morgan fingerprint density at radius 3 is 2.74 bits per heavy atom. The highest BCUT2D eigenvalue weighted by molar-refractivity contribution is 14.1. The average molecular weight is 367 g/mol. The third-order valence-corrected chi connectivity index (χ3v) is 3.48.